The Balaban J connectivity index is 1.58. The van der Waals surface area contributed by atoms with E-state index in [1.165, 1.54) is 5.32 Å². The van der Waals surface area contributed by atoms with Crippen LogP contribution in [0.3, 0.4) is 0 Å². The third-order valence-electron chi connectivity index (χ3n) is 5.47. The first-order valence-electron chi connectivity index (χ1n) is 10.3. The summed E-state index contributed by atoms with van der Waals surface area (Å²) in [7, 11) is 0. The Bertz CT molecular complexity index is 995. The molecule has 0 saturated carbocycles. The zero-order valence-corrected chi connectivity index (χ0v) is 17.7. The van der Waals surface area contributed by atoms with Crippen LogP contribution in [0.25, 0.3) is 11.1 Å². The highest BCUT2D eigenvalue weighted by Gasteiger charge is 2.46. The van der Waals surface area contributed by atoms with E-state index in [0.29, 0.717) is 0 Å². The van der Waals surface area contributed by atoms with Gasteiger partial charge in [-0.1, -0.05) is 55.5 Å². The Morgan fingerprint density at radius 3 is 2.03 bits per heavy atom. The van der Waals surface area contributed by atoms with Crippen molar-refractivity contribution in [2.75, 3.05) is 6.61 Å². The maximum absolute atomic E-state index is 12.7. The normalized spacial score (nSPS) is 14.5. The minimum Gasteiger partial charge on any atom is -0.479 e. The molecule has 2 amide bonds. The fourth-order valence-electron chi connectivity index (χ4n) is 3.83. The highest BCUT2D eigenvalue weighted by molar-refractivity contribution is 5.85. The SMILES string of the molecule is CC[C@H](CC(=O)NC(C(=O)O)C(F)(F)F)NC(=O)OCC1c2ccccc2-c2ccccc21. The number of carbonyl (C=O) groups excluding carboxylic acids is 2. The van der Waals surface area contributed by atoms with E-state index in [-0.39, 0.29) is 18.9 Å². The van der Waals surface area contributed by atoms with E-state index in [1.807, 2.05) is 48.5 Å². The second kappa shape index (κ2) is 9.93. The van der Waals surface area contributed by atoms with Gasteiger partial charge in [-0.2, -0.15) is 13.2 Å². The maximum atomic E-state index is 12.7. The number of hydrogen-bond acceptors (Lipinski definition) is 4. The molecule has 0 bridgehead atoms. The summed E-state index contributed by atoms with van der Waals surface area (Å²) in [6, 6.07) is 11.7. The minimum atomic E-state index is -5.14. The zero-order chi connectivity index (χ0) is 24.2. The average molecular weight is 464 g/mol. The van der Waals surface area contributed by atoms with Crippen molar-refractivity contribution in [1.82, 2.24) is 10.6 Å². The molecular formula is C23H23F3N2O5. The number of fused-ring (bicyclic) bond motifs is 3. The van der Waals surface area contributed by atoms with Crippen LogP contribution < -0.4 is 10.6 Å². The largest absolute Gasteiger partial charge is 0.479 e. The lowest BCUT2D eigenvalue weighted by atomic mass is 9.98. The van der Waals surface area contributed by atoms with Crippen molar-refractivity contribution in [3.8, 4) is 11.1 Å². The first-order chi connectivity index (χ1) is 15.6. The number of aliphatic carboxylic acids is 1. The molecule has 0 aliphatic heterocycles. The van der Waals surface area contributed by atoms with Gasteiger partial charge in [-0.05, 0) is 28.7 Å². The van der Waals surface area contributed by atoms with E-state index >= 15 is 0 Å². The van der Waals surface area contributed by atoms with Gasteiger partial charge in [0.05, 0.1) is 0 Å². The Labute approximate surface area is 187 Å². The fraction of sp³-hybridized carbons (Fsp3) is 0.348. The van der Waals surface area contributed by atoms with Gasteiger partial charge in [-0.3, -0.25) is 4.79 Å². The lowest BCUT2D eigenvalue weighted by Crippen LogP contribution is -2.52. The van der Waals surface area contributed by atoms with Gasteiger partial charge in [0.15, 0.2) is 0 Å². The highest BCUT2D eigenvalue weighted by Crippen LogP contribution is 2.44. The van der Waals surface area contributed by atoms with Crippen LogP contribution in [0.1, 0.15) is 36.8 Å². The quantitative estimate of drug-likeness (QED) is 0.551. The van der Waals surface area contributed by atoms with Crippen molar-refractivity contribution >= 4 is 18.0 Å². The van der Waals surface area contributed by atoms with Gasteiger partial charge in [0.1, 0.15) is 6.61 Å². The molecule has 2 aromatic rings. The number of amides is 2. The molecule has 33 heavy (non-hydrogen) atoms. The molecule has 3 rings (SSSR count). The smallest absolute Gasteiger partial charge is 0.419 e. The second-order valence-corrected chi connectivity index (χ2v) is 7.66. The number of hydrogen-bond donors (Lipinski definition) is 3. The molecule has 10 heteroatoms. The van der Waals surface area contributed by atoms with E-state index in [4.69, 9.17) is 9.84 Å². The molecule has 1 aliphatic carbocycles. The summed E-state index contributed by atoms with van der Waals surface area (Å²) < 4.78 is 43.6. The van der Waals surface area contributed by atoms with Crippen LogP contribution in [-0.2, 0) is 14.3 Å². The van der Waals surface area contributed by atoms with Crippen LogP contribution in [-0.4, -0.2) is 47.9 Å². The Kier molecular flexibility index (Phi) is 7.25. The van der Waals surface area contributed by atoms with Crippen LogP contribution in [0, 0.1) is 0 Å². The van der Waals surface area contributed by atoms with Gasteiger partial charge < -0.3 is 20.5 Å². The summed E-state index contributed by atoms with van der Waals surface area (Å²) in [5, 5.41) is 12.6. The molecule has 0 spiro atoms. The number of carboxylic acids is 1. The Hall–Kier alpha value is -3.56. The van der Waals surface area contributed by atoms with E-state index in [0.717, 1.165) is 22.3 Å². The van der Waals surface area contributed by atoms with Crippen molar-refractivity contribution in [2.24, 2.45) is 0 Å². The molecule has 1 unspecified atom stereocenters. The number of rotatable bonds is 8. The number of carbonyl (C=O) groups is 3. The summed E-state index contributed by atoms with van der Waals surface area (Å²) in [5.41, 5.74) is 4.15. The monoisotopic (exact) mass is 464 g/mol. The number of benzene rings is 2. The number of alkyl carbamates (subject to hydrolysis) is 1. The average Bonchev–Trinajstić information content (AvgIpc) is 3.08. The standard InChI is InChI=1S/C23H23F3N2O5/c1-2-13(11-19(29)28-20(21(30)31)23(24,25)26)27-22(32)33-12-18-16-9-5-3-7-14(16)15-8-4-6-10-17(15)18/h3-10,13,18,20H,2,11-12H2,1H3,(H,27,32)(H,28,29)(H,30,31)/t13-,20?/m1/s1. The molecule has 0 saturated heterocycles. The molecule has 0 radical (unpaired) electrons. The predicted octanol–water partition coefficient (Wildman–Crippen LogP) is 3.83. The molecule has 3 N–H and O–H groups in total. The van der Waals surface area contributed by atoms with Crippen molar-refractivity contribution in [3.05, 3.63) is 59.7 Å². The Morgan fingerprint density at radius 1 is 1.00 bits per heavy atom. The zero-order valence-electron chi connectivity index (χ0n) is 17.7. The van der Waals surface area contributed by atoms with Crippen LogP contribution in [0.15, 0.2) is 48.5 Å². The topological polar surface area (TPSA) is 105 Å². The van der Waals surface area contributed by atoms with E-state index in [2.05, 4.69) is 5.32 Å². The summed E-state index contributed by atoms with van der Waals surface area (Å²) in [5.74, 6) is -3.53. The molecule has 2 aromatic carbocycles. The van der Waals surface area contributed by atoms with Gasteiger partial charge in [-0.25, -0.2) is 9.59 Å². The predicted molar refractivity (Wildman–Crippen MR) is 113 cm³/mol. The number of nitrogens with one attached hydrogen (secondary N) is 2. The summed E-state index contributed by atoms with van der Waals surface area (Å²) in [4.78, 5) is 35.0. The van der Waals surface area contributed by atoms with Crippen molar-refractivity contribution in [2.45, 2.75) is 43.9 Å². The molecule has 0 aromatic heterocycles. The van der Waals surface area contributed by atoms with E-state index < -0.39 is 42.7 Å². The van der Waals surface area contributed by atoms with Crippen LogP contribution in [0.2, 0.25) is 0 Å². The first kappa shape index (κ1) is 24.1. The minimum absolute atomic E-state index is 0.0393. The maximum Gasteiger partial charge on any atom is 0.419 e. The number of halogens is 3. The van der Waals surface area contributed by atoms with Crippen molar-refractivity contribution < 1.29 is 37.4 Å². The third kappa shape index (κ3) is 5.63. The lowest BCUT2D eigenvalue weighted by Gasteiger charge is -2.21. The van der Waals surface area contributed by atoms with Gasteiger partial charge >= 0.3 is 18.2 Å². The van der Waals surface area contributed by atoms with E-state index in [1.54, 1.807) is 6.92 Å². The van der Waals surface area contributed by atoms with Gasteiger partial charge in [-0.15, -0.1) is 0 Å². The van der Waals surface area contributed by atoms with Crippen LogP contribution in [0.5, 0.6) is 0 Å². The molecule has 7 nitrogen and oxygen atoms in total. The van der Waals surface area contributed by atoms with E-state index in [9.17, 15) is 27.6 Å². The summed E-state index contributed by atoms with van der Waals surface area (Å²) in [6.07, 6.45) is -6.26. The van der Waals surface area contributed by atoms with Crippen molar-refractivity contribution in [3.63, 3.8) is 0 Å². The summed E-state index contributed by atoms with van der Waals surface area (Å²) >= 11 is 0. The molecule has 2 atom stereocenters. The highest BCUT2D eigenvalue weighted by atomic mass is 19.4. The van der Waals surface area contributed by atoms with Gasteiger partial charge in [0.2, 0.25) is 11.9 Å². The molecule has 0 heterocycles. The molecular weight excluding hydrogens is 441 g/mol. The number of carboxylic acid groups (broad SMARTS) is 1. The second-order valence-electron chi connectivity index (χ2n) is 7.66. The summed E-state index contributed by atoms with van der Waals surface area (Å²) in [6.45, 7) is 1.66. The van der Waals surface area contributed by atoms with Crippen molar-refractivity contribution in [1.29, 1.82) is 0 Å². The Morgan fingerprint density at radius 2 is 1.55 bits per heavy atom. The van der Waals surface area contributed by atoms with Crippen LogP contribution >= 0.6 is 0 Å². The fourth-order valence-corrected chi connectivity index (χ4v) is 3.83. The first-order valence-corrected chi connectivity index (χ1v) is 10.3. The van der Waals surface area contributed by atoms with Gasteiger partial charge in [0, 0.05) is 18.4 Å². The van der Waals surface area contributed by atoms with Gasteiger partial charge in [0.25, 0.3) is 0 Å². The van der Waals surface area contributed by atoms with Crippen LogP contribution in [0.4, 0.5) is 18.0 Å². The number of alkyl halides is 3. The molecule has 0 fully saturated rings. The lowest BCUT2D eigenvalue weighted by molar-refractivity contribution is -0.182. The number of ether oxygens (including phenoxy) is 1. The molecule has 176 valence electrons. The third-order valence-corrected chi connectivity index (χ3v) is 5.47. The molecule has 1 aliphatic rings.